The molecular formula is C50H100LiNO2. The fourth-order valence-corrected chi connectivity index (χ4v) is 8.42. The molecule has 0 bridgehead atoms. The van der Waals surface area contributed by atoms with E-state index >= 15 is 0 Å². The van der Waals surface area contributed by atoms with Crippen LogP contribution in [-0.4, -0.2) is 30.0 Å². The summed E-state index contributed by atoms with van der Waals surface area (Å²) < 4.78 is 0. The van der Waals surface area contributed by atoms with E-state index in [0.717, 1.165) is 13.1 Å². The molecule has 0 aliphatic carbocycles. The van der Waals surface area contributed by atoms with Crippen molar-refractivity contribution < 1.29 is 28.8 Å². The smallest absolute Gasteiger partial charge is 0.550 e. The second-order valence-electron chi connectivity index (χ2n) is 17.6. The zero-order valence-electron chi connectivity index (χ0n) is 38.2. The van der Waals surface area contributed by atoms with E-state index in [1.807, 2.05) is 0 Å². The molecule has 0 N–H and O–H groups in total. The van der Waals surface area contributed by atoms with Crippen molar-refractivity contribution in [3.8, 4) is 0 Å². The van der Waals surface area contributed by atoms with Crippen molar-refractivity contribution in [3.05, 3.63) is 0 Å². The van der Waals surface area contributed by atoms with Gasteiger partial charge in [0.1, 0.15) is 0 Å². The number of rotatable bonds is 47. The first-order chi connectivity index (χ1) is 26.1. The normalized spacial score (nSPS) is 12.1. The van der Waals surface area contributed by atoms with Crippen LogP contribution >= 0.6 is 0 Å². The summed E-state index contributed by atoms with van der Waals surface area (Å²) in [7, 11) is 0. The molecule has 0 fully saturated rings. The minimum absolute atomic E-state index is 0. The molecule has 1 unspecified atom stereocenters. The second kappa shape index (κ2) is 49.2. The van der Waals surface area contributed by atoms with Gasteiger partial charge in [-0.3, -0.25) is 0 Å². The van der Waals surface area contributed by atoms with Crippen LogP contribution in [0.5, 0.6) is 0 Å². The van der Waals surface area contributed by atoms with Crippen LogP contribution in [0.2, 0.25) is 0 Å². The molecule has 318 valence electrons. The van der Waals surface area contributed by atoms with E-state index in [2.05, 4.69) is 25.7 Å². The van der Waals surface area contributed by atoms with Gasteiger partial charge >= 0.3 is 18.9 Å². The third-order valence-electron chi connectivity index (χ3n) is 12.2. The van der Waals surface area contributed by atoms with Crippen molar-refractivity contribution in [2.24, 2.45) is 0 Å². The summed E-state index contributed by atoms with van der Waals surface area (Å²) >= 11 is 0. The Kier molecular flexibility index (Phi) is 51.1. The van der Waals surface area contributed by atoms with Crippen LogP contribution in [0.3, 0.4) is 0 Å². The molecule has 0 heterocycles. The van der Waals surface area contributed by atoms with E-state index in [-0.39, 0.29) is 31.3 Å². The minimum atomic E-state index is -0.903. The Labute approximate surface area is 354 Å². The Hall–Kier alpha value is 0.0274. The molecule has 0 rings (SSSR count). The van der Waals surface area contributed by atoms with Gasteiger partial charge in [0.05, 0.1) is 0 Å². The quantitative estimate of drug-likeness (QED) is 0.0459. The van der Waals surface area contributed by atoms with Crippen LogP contribution in [0.25, 0.3) is 0 Å². The number of nitrogens with zero attached hydrogens (tertiary/aromatic N) is 1. The van der Waals surface area contributed by atoms with Gasteiger partial charge in [0.15, 0.2) is 0 Å². The molecule has 4 heteroatoms. The fourth-order valence-electron chi connectivity index (χ4n) is 8.42. The number of hydrogen-bond donors (Lipinski definition) is 0. The number of carbonyl (C=O) groups excluding carboxylic acids is 1. The summed E-state index contributed by atoms with van der Waals surface area (Å²) in [6, 6.07) is 0.0928. The maximum absolute atomic E-state index is 11.3. The predicted octanol–water partition coefficient (Wildman–Crippen LogP) is 13.2. The van der Waals surface area contributed by atoms with Gasteiger partial charge < -0.3 is 14.8 Å². The van der Waals surface area contributed by atoms with Crippen molar-refractivity contribution in [2.75, 3.05) is 13.1 Å². The molecule has 0 radical (unpaired) electrons. The van der Waals surface area contributed by atoms with Crippen molar-refractivity contribution in [1.82, 2.24) is 4.90 Å². The van der Waals surface area contributed by atoms with Crippen LogP contribution in [0.1, 0.15) is 297 Å². The largest absolute Gasteiger partial charge is 1.00 e. The molecule has 0 aromatic heterocycles. The van der Waals surface area contributed by atoms with Gasteiger partial charge in [0, 0.05) is 18.4 Å². The number of carbonyl (C=O) groups is 1. The molecule has 0 saturated heterocycles. The maximum atomic E-state index is 11.3. The van der Waals surface area contributed by atoms with Crippen molar-refractivity contribution in [1.29, 1.82) is 0 Å². The summed E-state index contributed by atoms with van der Waals surface area (Å²) in [5.41, 5.74) is 0. The van der Waals surface area contributed by atoms with Gasteiger partial charge in [-0.25, -0.2) is 0 Å². The molecule has 0 amide bonds. The Morgan fingerprint density at radius 2 is 0.519 bits per heavy atom. The molecule has 54 heavy (non-hydrogen) atoms. The fraction of sp³-hybridized carbons (Fsp3) is 0.980. The second-order valence-corrected chi connectivity index (χ2v) is 17.6. The zero-order chi connectivity index (χ0) is 38.6. The van der Waals surface area contributed by atoms with Gasteiger partial charge in [-0.05, 0) is 32.9 Å². The third kappa shape index (κ3) is 46.4. The molecule has 0 aliphatic heterocycles. The van der Waals surface area contributed by atoms with E-state index < -0.39 is 5.97 Å². The van der Waals surface area contributed by atoms with Crippen LogP contribution in [0.4, 0.5) is 0 Å². The first-order valence-corrected chi connectivity index (χ1v) is 25.1. The summed E-state index contributed by atoms with van der Waals surface area (Å²) in [5, 5.41) is 11.3. The van der Waals surface area contributed by atoms with E-state index in [9.17, 15) is 9.90 Å². The number of hydrogen-bond acceptors (Lipinski definition) is 3. The molecule has 1 atom stereocenters. The number of unbranched alkanes of at least 4 members (excludes halogenated alkanes) is 40. The Morgan fingerprint density at radius 1 is 0.352 bits per heavy atom. The summed E-state index contributed by atoms with van der Waals surface area (Å²) in [4.78, 5) is 13.8. The van der Waals surface area contributed by atoms with E-state index in [1.54, 1.807) is 0 Å². The topological polar surface area (TPSA) is 43.4 Å². The molecular weight excluding hydrogens is 653 g/mol. The summed E-state index contributed by atoms with van der Waals surface area (Å²) in [6.45, 7) is 8.78. The third-order valence-corrected chi connectivity index (χ3v) is 12.2. The van der Waals surface area contributed by atoms with Gasteiger partial charge in [-0.1, -0.05) is 271 Å². The Morgan fingerprint density at radius 3 is 0.685 bits per heavy atom. The number of aliphatic carboxylic acids is 1. The average Bonchev–Trinajstić information content (AvgIpc) is 3.14. The standard InChI is InChI=1S/C50H101NO2.Li/c1-4-6-8-10-12-14-16-18-20-22-24-26-28-30-32-34-36-38-40-42-44-46-51(49(3)48-50(52)53)47-45-43-41-39-37-35-33-31-29-27-25-23-21-19-17-15-13-11-9-7-5-2;/h49H,4-48H2,1-3H3,(H,52,53);/q;+1/p-1. The summed E-state index contributed by atoms with van der Waals surface area (Å²) in [6.07, 6.45) is 59.5. The monoisotopic (exact) mass is 754 g/mol. The van der Waals surface area contributed by atoms with Gasteiger partial charge in [0.2, 0.25) is 0 Å². The van der Waals surface area contributed by atoms with Gasteiger partial charge in [0.25, 0.3) is 0 Å². The van der Waals surface area contributed by atoms with Gasteiger partial charge in [-0.2, -0.15) is 0 Å². The molecule has 0 saturated carbocycles. The number of carboxylic acids is 1. The number of carboxylic acid groups (broad SMARTS) is 1. The maximum Gasteiger partial charge on any atom is 1.00 e. The molecule has 0 aromatic carbocycles. The molecule has 0 spiro atoms. The predicted molar refractivity (Wildman–Crippen MR) is 236 cm³/mol. The van der Waals surface area contributed by atoms with E-state index in [1.165, 1.54) is 270 Å². The SMILES string of the molecule is CCCCCCCCCCCCCCCCCCCCCCCN(CCCCCCCCCCCCCCCCCCCCCCC)C(C)CC(=O)[O-].[Li+]. The van der Waals surface area contributed by atoms with E-state index in [0.29, 0.717) is 0 Å². The van der Waals surface area contributed by atoms with Crippen molar-refractivity contribution in [2.45, 2.75) is 303 Å². The molecule has 0 aromatic rings. The van der Waals surface area contributed by atoms with E-state index in [4.69, 9.17) is 0 Å². The van der Waals surface area contributed by atoms with Gasteiger partial charge in [-0.15, -0.1) is 0 Å². The van der Waals surface area contributed by atoms with Crippen LogP contribution in [0, 0.1) is 0 Å². The molecule has 3 nitrogen and oxygen atoms in total. The van der Waals surface area contributed by atoms with Crippen LogP contribution in [-0.2, 0) is 4.79 Å². The minimum Gasteiger partial charge on any atom is -0.550 e. The van der Waals surface area contributed by atoms with Crippen molar-refractivity contribution in [3.63, 3.8) is 0 Å². The van der Waals surface area contributed by atoms with Crippen LogP contribution in [0.15, 0.2) is 0 Å². The average molecular weight is 754 g/mol. The molecule has 0 aliphatic rings. The van der Waals surface area contributed by atoms with Crippen molar-refractivity contribution >= 4 is 5.97 Å². The zero-order valence-corrected chi connectivity index (χ0v) is 38.2. The first kappa shape index (κ1) is 56.1. The van der Waals surface area contributed by atoms with Crippen LogP contribution < -0.4 is 24.0 Å². The summed E-state index contributed by atoms with van der Waals surface area (Å²) in [5.74, 6) is -0.903. The Bertz CT molecular complexity index is 642. The Balaban J connectivity index is 0. The first-order valence-electron chi connectivity index (χ1n) is 25.1.